The number of benzene rings is 3. The van der Waals surface area contributed by atoms with Gasteiger partial charge >= 0.3 is 17.8 Å². The molecule has 0 heterocycles. The van der Waals surface area contributed by atoms with Crippen LogP contribution in [-0.2, 0) is 4.74 Å². The minimum absolute atomic E-state index is 0.151. The van der Waals surface area contributed by atoms with E-state index in [1.807, 2.05) is 0 Å². The number of nitrogens with one attached hydrogen (secondary N) is 2. The Kier molecular flexibility index (Phi) is 8.24. The molecule has 38 heavy (non-hydrogen) atoms. The molecule has 0 amide bonds. The molecule has 14 heteroatoms. The molecule has 204 valence electrons. The number of phenols is 4. The Bertz CT molecular complexity index is 1350. The predicted molar refractivity (Wildman–Crippen MR) is 133 cm³/mol. The lowest BCUT2D eigenvalue weighted by Crippen LogP contribution is -2.67. The molecule has 1 atom stereocenters. The highest BCUT2D eigenvalue weighted by Gasteiger charge is 2.49. The average Bonchev–Trinajstić information content (AvgIpc) is 2.86. The van der Waals surface area contributed by atoms with Crippen LogP contribution in [0.3, 0.4) is 0 Å². The van der Waals surface area contributed by atoms with E-state index in [4.69, 9.17) is 16.3 Å². The van der Waals surface area contributed by atoms with Crippen molar-refractivity contribution in [3.8, 4) is 34.1 Å². The summed E-state index contributed by atoms with van der Waals surface area (Å²) < 4.78 is 5.27. The molecule has 0 radical (unpaired) electrons. The van der Waals surface area contributed by atoms with E-state index in [-0.39, 0.29) is 11.1 Å². The number of aliphatic hydroxyl groups is 4. The first kappa shape index (κ1) is 28.7. The summed E-state index contributed by atoms with van der Waals surface area (Å²) in [7, 11) is 1.31. The van der Waals surface area contributed by atoms with Crippen molar-refractivity contribution in [3.63, 3.8) is 0 Å². The fourth-order valence-corrected chi connectivity index (χ4v) is 3.76. The monoisotopic (exact) mass is 552 g/mol. The molecule has 0 aliphatic heterocycles. The molecule has 3 aromatic rings. The van der Waals surface area contributed by atoms with Gasteiger partial charge in [-0.25, -0.2) is 4.79 Å². The number of aromatic hydroxyl groups is 4. The van der Waals surface area contributed by atoms with E-state index >= 15 is 0 Å². The molecule has 0 aromatic heterocycles. The summed E-state index contributed by atoms with van der Waals surface area (Å²) >= 11 is 5.95. The van der Waals surface area contributed by atoms with Gasteiger partial charge in [0.1, 0.15) is 5.69 Å². The Hall–Kier alpha value is -3.82. The highest BCUT2D eigenvalue weighted by Crippen LogP contribution is 2.54. The summed E-state index contributed by atoms with van der Waals surface area (Å²) in [6, 6.07) is 11.1. The van der Waals surface area contributed by atoms with Crippen LogP contribution in [0.5, 0.6) is 23.0 Å². The van der Waals surface area contributed by atoms with Gasteiger partial charge in [-0.2, -0.15) is 0 Å². The number of carbonyl (C=O) groups is 1. The molecule has 0 bridgehead atoms. The number of rotatable bonds is 10. The number of phenolic OH excluding ortho intramolecular Hbond substituents is 4. The normalized spacial score (nSPS) is 12.8. The zero-order valence-electron chi connectivity index (χ0n) is 19.6. The zero-order chi connectivity index (χ0) is 28.4. The lowest BCUT2D eigenvalue weighted by atomic mass is 9.99. The van der Waals surface area contributed by atoms with Crippen LogP contribution in [0.1, 0.15) is 22.0 Å². The molecule has 3 rings (SSSR count). The second kappa shape index (κ2) is 10.9. The van der Waals surface area contributed by atoms with Crippen LogP contribution in [-0.4, -0.2) is 77.4 Å². The number of hydrogen-bond donors (Lipinski definition) is 11. The molecular weight excluding hydrogens is 528 g/mol. The van der Waals surface area contributed by atoms with E-state index in [1.165, 1.54) is 31.4 Å². The third-order valence-corrected chi connectivity index (χ3v) is 5.85. The minimum atomic E-state index is -3.77. The number of aromatic carboxylic acids is 1. The van der Waals surface area contributed by atoms with Gasteiger partial charge in [-0.05, 0) is 35.4 Å². The SMILES string of the molecule is COC(CNC(O)(O)C(O)(O)Nc1c(O)c(O)c(O)c(-c2cccc(C(=O)O)c2)c1O)c1cccc(Cl)c1. The molecule has 0 fully saturated rings. The van der Waals surface area contributed by atoms with E-state index in [0.29, 0.717) is 10.6 Å². The van der Waals surface area contributed by atoms with Crippen molar-refractivity contribution in [2.45, 2.75) is 17.9 Å². The number of hydrogen-bond acceptors (Lipinski definition) is 12. The molecule has 11 N–H and O–H groups in total. The minimum Gasteiger partial charge on any atom is -0.505 e. The zero-order valence-corrected chi connectivity index (χ0v) is 20.4. The van der Waals surface area contributed by atoms with Crippen molar-refractivity contribution in [3.05, 3.63) is 64.7 Å². The topological polar surface area (TPSA) is 232 Å². The first-order valence-corrected chi connectivity index (χ1v) is 11.1. The van der Waals surface area contributed by atoms with Gasteiger partial charge in [-0.3, -0.25) is 5.32 Å². The maximum atomic E-state index is 11.3. The van der Waals surface area contributed by atoms with Crippen LogP contribution in [0, 0.1) is 0 Å². The van der Waals surface area contributed by atoms with Crippen LogP contribution in [0.25, 0.3) is 11.1 Å². The van der Waals surface area contributed by atoms with E-state index < -0.39 is 64.7 Å². The van der Waals surface area contributed by atoms with Crippen molar-refractivity contribution in [1.29, 1.82) is 0 Å². The predicted octanol–water partition coefficient (Wildman–Crippen LogP) is 1.19. The third kappa shape index (κ3) is 5.69. The van der Waals surface area contributed by atoms with Crippen molar-refractivity contribution >= 4 is 23.3 Å². The molecule has 1 unspecified atom stereocenters. The fraction of sp³-hybridized carbons (Fsp3) is 0.208. The quantitative estimate of drug-likeness (QED) is 0.0964. The van der Waals surface area contributed by atoms with E-state index in [1.54, 1.807) is 23.5 Å². The molecule has 3 aromatic carbocycles. The largest absolute Gasteiger partial charge is 0.505 e. The van der Waals surface area contributed by atoms with Crippen LogP contribution >= 0.6 is 11.6 Å². The van der Waals surface area contributed by atoms with Gasteiger partial charge in [-0.1, -0.05) is 35.9 Å². The molecule has 0 aliphatic rings. The van der Waals surface area contributed by atoms with Crippen LogP contribution in [0.2, 0.25) is 5.02 Å². The second-order valence-electron chi connectivity index (χ2n) is 8.16. The van der Waals surface area contributed by atoms with Crippen LogP contribution in [0.15, 0.2) is 48.5 Å². The van der Waals surface area contributed by atoms with Gasteiger partial charge in [0, 0.05) is 18.7 Å². The van der Waals surface area contributed by atoms with Gasteiger partial charge in [0.05, 0.1) is 17.2 Å². The Balaban J connectivity index is 1.95. The highest BCUT2D eigenvalue weighted by molar-refractivity contribution is 6.30. The standard InChI is InChI=1S/C24H25ClN2O11/c1-38-15(11-4-3-7-14(25)9-11)10-26-23(34,35)24(36,37)27-17-18(28)16(19(29)21(31)20(17)30)12-5-2-6-13(8-12)22(32)33/h2-9,15,26-31,34-37H,10H2,1H3,(H,32,33). The molecule has 0 saturated heterocycles. The number of carboxylic acids is 1. The van der Waals surface area contributed by atoms with Gasteiger partial charge in [0.15, 0.2) is 17.2 Å². The Morgan fingerprint density at radius 2 is 1.58 bits per heavy atom. The average molecular weight is 553 g/mol. The fourth-order valence-electron chi connectivity index (χ4n) is 3.56. The summed E-state index contributed by atoms with van der Waals surface area (Å²) in [5.41, 5.74) is -1.57. The molecule has 0 spiro atoms. The highest BCUT2D eigenvalue weighted by atomic mass is 35.5. The van der Waals surface area contributed by atoms with Gasteiger partial charge in [0.25, 0.3) is 0 Å². The number of carboxylic acid groups (broad SMARTS) is 1. The van der Waals surface area contributed by atoms with Gasteiger partial charge < -0.3 is 56.0 Å². The second-order valence-corrected chi connectivity index (χ2v) is 8.60. The lowest BCUT2D eigenvalue weighted by molar-refractivity contribution is -0.357. The maximum absolute atomic E-state index is 11.3. The van der Waals surface area contributed by atoms with Gasteiger partial charge in [0.2, 0.25) is 5.75 Å². The first-order valence-electron chi connectivity index (χ1n) is 10.7. The first-order chi connectivity index (χ1) is 17.7. The molecule has 13 nitrogen and oxygen atoms in total. The number of methoxy groups -OCH3 is 1. The Labute approximate surface area is 220 Å². The van der Waals surface area contributed by atoms with Crippen molar-refractivity contribution in [2.75, 3.05) is 19.0 Å². The summed E-state index contributed by atoms with van der Waals surface area (Å²) in [5.74, 6) is -13.4. The Morgan fingerprint density at radius 1 is 0.921 bits per heavy atom. The molecular formula is C24H25ClN2O11. The molecule has 0 aliphatic carbocycles. The number of halogens is 1. The van der Waals surface area contributed by atoms with E-state index in [0.717, 1.165) is 6.07 Å². The van der Waals surface area contributed by atoms with Crippen molar-refractivity contribution < 1.29 is 55.5 Å². The van der Waals surface area contributed by atoms with Crippen LogP contribution < -0.4 is 10.6 Å². The third-order valence-electron chi connectivity index (χ3n) is 5.62. The molecule has 0 saturated carbocycles. The maximum Gasteiger partial charge on any atom is 0.335 e. The van der Waals surface area contributed by atoms with Crippen molar-refractivity contribution in [1.82, 2.24) is 5.32 Å². The summed E-state index contributed by atoms with van der Waals surface area (Å²) in [4.78, 5) is 11.3. The summed E-state index contributed by atoms with van der Waals surface area (Å²) in [5, 5.41) is 96.6. The van der Waals surface area contributed by atoms with Gasteiger partial charge in [-0.15, -0.1) is 0 Å². The Morgan fingerprint density at radius 3 is 2.18 bits per heavy atom. The smallest absolute Gasteiger partial charge is 0.335 e. The summed E-state index contributed by atoms with van der Waals surface area (Å²) in [6.07, 6.45) is -0.851. The van der Waals surface area contributed by atoms with E-state index in [9.17, 15) is 50.8 Å². The summed E-state index contributed by atoms with van der Waals surface area (Å²) in [6.45, 7) is -0.416. The number of ether oxygens (including phenoxy) is 1. The van der Waals surface area contributed by atoms with E-state index in [2.05, 4.69) is 5.32 Å². The lowest BCUT2D eigenvalue weighted by Gasteiger charge is -2.37. The number of anilines is 1. The van der Waals surface area contributed by atoms with Crippen molar-refractivity contribution in [2.24, 2.45) is 0 Å². The van der Waals surface area contributed by atoms with Crippen LogP contribution in [0.4, 0.5) is 5.69 Å².